The van der Waals surface area contributed by atoms with Gasteiger partial charge in [0.25, 0.3) is 0 Å². The Hall–Kier alpha value is -3.15. The van der Waals surface area contributed by atoms with E-state index >= 15 is 0 Å². The van der Waals surface area contributed by atoms with Gasteiger partial charge in [-0.15, -0.1) is 0 Å². The predicted octanol–water partition coefficient (Wildman–Crippen LogP) is 3.27. The lowest BCUT2D eigenvalue weighted by Gasteiger charge is -2.21. The largest absolute Gasteiger partial charge is 0.342 e. The van der Waals surface area contributed by atoms with E-state index in [1.165, 1.54) is 0 Å². The number of benzene rings is 2. The zero-order chi connectivity index (χ0) is 20.4. The Balaban J connectivity index is 1.58. The first-order chi connectivity index (χ1) is 14.0. The lowest BCUT2D eigenvalue weighted by Crippen LogP contribution is -2.37. The number of fused-ring (bicyclic) bond motifs is 1. The van der Waals surface area contributed by atoms with Gasteiger partial charge in [0, 0.05) is 19.5 Å². The molecule has 2 N–H and O–H groups in total. The molecule has 3 aromatic rings. The Morgan fingerprint density at radius 2 is 1.90 bits per heavy atom. The fourth-order valence-electron chi connectivity index (χ4n) is 3.89. The first-order valence-corrected chi connectivity index (χ1v) is 10.1. The minimum atomic E-state index is -0.398. The fourth-order valence-corrected chi connectivity index (χ4v) is 3.89. The Labute approximate surface area is 170 Å². The van der Waals surface area contributed by atoms with Crippen molar-refractivity contribution in [3.05, 3.63) is 66.0 Å². The predicted molar refractivity (Wildman–Crippen MR) is 112 cm³/mol. The maximum atomic E-state index is 13.1. The molecule has 2 atom stereocenters. The van der Waals surface area contributed by atoms with Crippen molar-refractivity contribution in [3.8, 4) is 0 Å². The summed E-state index contributed by atoms with van der Waals surface area (Å²) in [5, 5.41) is 3.14. The molecule has 2 amide bonds. The molecule has 0 saturated carbocycles. The number of aromatic amines is 1. The standard InChI is InChI=1S/C23H26N4O2/c1-15(2)13-27-14-17(12-20(27)28)23(29)26-21(16-8-4-3-5-9-16)22-24-18-10-6-7-11-19(18)25-22/h3-11,15,17,21H,12-14H2,1-2H3,(H,24,25)(H,26,29)/t17-,21-/m0/s1. The second kappa shape index (κ2) is 8.07. The SMILES string of the molecule is CC(C)CN1C[C@@H](C(=O)N[C@@H](c2ccccc2)c2nc3ccccc3[nH]2)CC1=O. The van der Waals surface area contributed by atoms with Crippen LogP contribution < -0.4 is 5.32 Å². The van der Waals surface area contributed by atoms with E-state index in [2.05, 4.69) is 24.1 Å². The number of rotatable bonds is 6. The number of amides is 2. The second-order valence-electron chi connectivity index (χ2n) is 8.09. The first kappa shape index (κ1) is 19.2. The minimum Gasteiger partial charge on any atom is -0.342 e. The lowest BCUT2D eigenvalue weighted by atomic mass is 10.0. The molecule has 2 aromatic carbocycles. The van der Waals surface area contributed by atoms with Crippen molar-refractivity contribution in [2.45, 2.75) is 26.3 Å². The van der Waals surface area contributed by atoms with E-state index in [4.69, 9.17) is 4.98 Å². The molecule has 0 aliphatic carbocycles. The van der Waals surface area contributed by atoms with E-state index in [0.29, 0.717) is 24.8 Å². The van der Waals surface area contributed by atoms with Crippen LogP contribution in [0.15, 0.2) is 54.6 Å². The Morgan fingerprint density at radius 3 is 2.62 bits per heavy atom. The van der Waals surface area contributed by atoms with Crippen molar-refractivity contribution < 1.29 is 9.59 Å². The number of H-pyrrole nitrogens is 1. The van der Waals surface area contributed by atoms with Gasteiger partial charge in [-0.1, -0.05) is 56.3 Å². The zero-order valence-electron chi connectivity index (χ0n) is 16.8. The summed E-state index contributed by atoms with van der Waals surface area (Å²) < 4.78 is 0. The van der Waals surface area contributed by atoms with E-state index in [0.717, 1.165) is 16.6 Å². The molecule has 0 radical (unpaired) electrons. The molecule has 1 aliphatic heterocycles. The van der Waals surface area contributed by atoms with Crippen molar-refractivity contribution >= 4 is 22.8 Å². The van der Waals surface area contributed by atoms with Crippen molar-refractivity contribution in [3.63, 3.8) is 0 Å². The van der Waals surface area contributed by atoms with Crippen LogP contribution in [0, 0.1) is 11.8 Å². The highest BCUT2D eigenvalue weighted by Crippen LogP contribution is 2.25. The maximum Gasteiger partial charge on any atom is 0.226 e. The highest BCUT2D eigenvalue weighted by atomic mass is 16.2. The summed E-state index contributed by atoms with van der Waals surface area (Å²) in [6.45, 7) is 5.32. The molecule has 0 spiro atoms. The van der Waals surface area contributed by atoms with E-state index in [1.54, 1.807) is 4.90 Å². The van der Waals surface area contributed by atoms with Crippen LogP contribution in [0.1, 0.15) is 37.7 Å². The molecule has 1 fully saturated rings. The van der Waals surface area contributed by atoms with E-state index in [-0.39, 0.29) is 24.2 Å². The Bertz CT molecular complexity index is 979. The van der Waals surface area contributed by atoms with Crippen molar-refractivity contribution in [1.29, 1.82) is 0 Å². The number of carbonyl (C=O) groups is 2. The summed E-state index contributed by atoms with van der Waals surface area (Å²) in [7, 11) is 0. The summed E-state index contributed by atoms with van der Waals surface area (Å²) in [4.78, 5) is 35.2. The average molecular weight is 390 g/mol. The number of para-hydroxylation sites is 2. The highest BCUT2D eigenvalue weighted by molar-refractivity contribution is 5.89. The van der Waals surface area contributed by atoms with Crippen LogP contribution in [0.2, 0.25) is 0 Å². The fraction of sp³-hybridized carbons (Fsp3) is 0.348. The van der Waals surface area contributed by atoms with Gasteiger partial charge in [0.2, 0.25) is 11.8 Å². The number of nitrogens with zero attached hydrogens (tertiary/aromatic N) is 2. The smallest absolute Gasteiger partial charge is 0.226 e. The molecule has 6 heteroatoms. The Kier molecular flexibility index (Phi) is 5.34. The van der Waals surface area contributed by atoms with Crippen LogP contribution >= 0.6 is 0 Å². The number of hydrogen-bond donors (Lipinski definition) is 2. The van der Waals surface area contributed by atoms with Crippen molar-refractivity contribution in [2.24, 2.45) is 11.8 Å². The third-order valence-corrected chi connectivity index (χ3v) is 5.27. The van der Waals surface area contributed by atoms with Gasteiger partial charge in [0.15, 0.2) is 0 Å². The number of nitrogens with one attached hydrogen (secondary N) is 2. The highest BCUT2D eigenvalue weighted by Gasteiger charge is 2.35. The average Bonchev–Trinajstić information content (AvgIpc) is 3.30. The van der Waals surface area contributed by atoms with Gasteiger partial charge >= 0.3 is 0 Å². The van der Waals surface area contributed by atoms with Gasteiger partial charge in [-0.25, -0.2) is 4.98 Å². The van der Waals surface area contributed by atoms with Crippen molar-refractivity contribution in [2.75, 3.05) is 13.1 Å². The van der Waals surface area contributed by atoms with E-state index in [9.17, 15) is 9.59 Å². The summed E-state index contributed by atoms with van der Waals surface area (Å²) >= 11 is 0. The summed E-state index contributed by atoms with van der Waals surface area (Å²) in [6, 6.07) is 17.2. The van der Waals surface area contributed by atoms with Gasteiger partial charge in [-0.2, -0.15) is 0 Å². The topological polar surface area (TPSA) is 78.1 Å². The van der Waals surface area contributed by atoms with Crippen LogP contribution in [-0.2, 0) is 9.59 Å². The van der Waals surface area contributed by atoms with E-state index < -0.39 is 6.04 Å². The molecule has 0 bridgehead atoms. The molecule has 150 valence electrons. The molecule has 6 nitrogen and oxygen atoms in total. The molecule has 2 heterocycles. The quantitative estimate of drug-likeness (QED) is 0.678. The molecule has 1 aromatic heterocycles. The van der Waals surface area contributed by atoms with Crippen LogP contribution in [0.3, 0.4) is 0 Å². The van der Waals surface area contributed by atoms with Gasteiger partial charge in [0.05, 0.1) is 17.0 Å². The number of hydrogen-bond acceptors (Lipinski definition) is 3. The molecule has 1 aliphatic rings. The molecular weight excluding hydrogens is 364 g/mol. The summed E-state index contributed by atoms with van der Waals surface area (Å²) in [6.07, 6.45) is 0.264. The number of likely N-dealkylation sites (tertiary alicyclic amines) is 1. The molecular formula is C23H26N4O2. The Morgan fingerprint density at radius 1 is 1.17 bits per heavy atom. The second-order valence-corrected chi connectivity index (χ2v) is 8.09. The first-order valence-electron chi connectivity index (χ1n) is 10.1. The minimum absolute atomic E-state index is 0.0545. The van der Waals surface area contributed by atoms with E-state index in [1.807, 2.05) is 54.6 Å². The maximum absolute atomic E-state index is 13.1. The number of imidazole rings is 1. The van der Waals surface area contributed by atoms with Crippen LogP contribution in [0.4, 0.5) is 0 Å². The van der Waals surface area contributed by atoms with Crippen LogP contribution in [-0.4, -0.2) is 39.8 Å². The summed E-state index contributed by atoms with van der Waals surface area (Å²) in [5.41, 5.74) is 2.73. The van der Waals surface area contributed by atoms with Gasteiger partial charge in [-0.3, -0.25) is 9.59 Å². The van der Waals surface area contributed by atoms with Crippen LogP contribution in [0.5, 0.6) is 0 Å². The van der Waals surface area contributed by atoms with Gasteiger partial charge < -0.3 is 15.2 Å². The monoisotopic (exact) mass is 390 g/mol. The third kappa shape index (κ3) is 4.16. The van der Waals surface area contributed by atoms with Crippen LogP contribution in [0.25, 0.3) is 11.0 Å². The molecule has 4 rings (SSSR count). The normalized spacial score (nSPS) is 17.8. The molecule has 29 heavy (non-hydrogen) atoms. The zero-order valence-corrected chi connectivity index (χ0v) is 16.8. The molecule has 1 saturated heterocycles. The van der Waals surface area contributed by atoms with Gasteiger partial charge in [-0.05, 0) is 23.6 Å². The number of aromatic nitrogens is 2. The van der Waals surface area contributed by atoms with Gasteiger partial charge in [0.1, 0.15) is 11.9 Å². The van der Waals surface area contributed by atoms with Crippen molar-refractivity contribution in [1.82, 2.24) is 20.2 Å². The summed E-state index contributed by atoms with van der Waals surface area (Å²) in [5.74, 6) is 0.678. The third-order valence-electron chi connectivity index (χ3n) is 5.27. The molecule has 0 unspecified atom stereocenters. The number of carbonyl (C=O) groups excluding carboxylic acids is 2. The lowest BCUT2D eigenvalue weighted by molar-refractivity contribution is -0.129.